The minimum absolute atomic E-state index is 0.0604. The van der Waals surface area contributed by atoms with Gasteiger partial charge in [-0.3, -0.25) is 9.97 Å². The molecular formula is C13H23N3O6. The minimum atomic E-state index is -1.23. The van der Waals surface area contributed by atoms with E-state index in [-0.39, 0.29) is 19.6 Å². The number of aliphatic hydroxyl groups excluding tert-OH is 6. The van der Waals surface area contributed by atoms with Crippen LogP contribution in [0.25, 0.3) is 0 Å². The molecule has 0 fully saturated rings. The smallest absolute Gasteiger partial charge is 0.103 e. The van der Waals surface area contributed by atoms with Gasteiger partial charge in [0.25, 0.3) is 0 Å². The Labute approximate surface area is 127 Å². The van der Waals surface area contributed by atoms with Crippen molar-refractivity contribution in [3.8, 4) is 0 Å². The maximum Gasteiger partial charge on any atom is 0.103 e. The second-order valence-corrected chi connectivity index (χ2v) is 4.94. The topological polar surface area (TPSA) is 159 Å². The van der Waals surface area contributed by atoms with Gasteiger partial charge in [0.1, 0.15) is 6.10 Å². The van der Waals surface area contributed by atoms with E-state index in [1.807, 2.05) is 0 Å². The lowest BCUT2D eigenvalue weighted by Crippen LogP contribution is -2.44. The number of hydrogen-bond donors (Lipinski definition) is 7. The van der Waals surface area contributed by atoms with Gasteiger partial charge in [-0.15, -0.1) is 0 Å². The average Bonchev–Trinajstić information content (AvgIpc) is 2.55. The molecule has 0 aliphatic carbocycles. The van der Waals surface area contributed by atoms with Crippen LogP contribution in [0.2, 0.25) is 0 Å². The lowest BCUT2D eigenvalue weighted by Gasteiger charge is -2.20. The third-order valence-corrected chi connectivity index (χ3v) is 3.20. The van der Waals surface area contributed by atoms with E-state index in [4.69, 9.17) is 15.3 Å². The maximum atomic E-state index is 9.57. The Bertz CT molecular complexity index is 419. The van der Waals surface area contributed by atoms with Gasteiger partial charge in [0.2, 0.25) is 0 Å². The molecule has 9 heteroatoms. The molecule has 0 spiro atoms. The Hall–Kier alpha value is -1.20. The third-order valence-electron chi connectivity index (χ3n) is 3.20. The molecule has 0 saturated heterocycles. The van der Waals surface area contributed by atoms with Crippen molar-refractivity contribution < 1.29 is 30.6 Å². The highest BCUT2D eigenvalue weighted by molar-refractivity contribution is 5.04. The van der Waals surface area contributed by atoms with E-state index in [2.05, 4.69) is 15.3 Å². The maximum absolute atomic E-state index is 9.57. The van der Waals surface area contributed by atoms with Crippen molar-refractivity contribution in [2.24, 2.45) is 0 Å². The largest absolute Gasteiger partial charge is 0.395 e. The number of aromatic nitrogens is 2. The molecule has 9 nitrogen and oxygen atoms in total. The summed E-state index contributed by atoms with van der Waals surface area (Å²) in [7, 11) is 0. The zero-order valence-electron chi connectivity index (χ0n) is 12.1. The van der Waals surface area contributed by atoms with Crippen molar-refractivity contribution in [3.05, 3.63) is 23.8 Å². The van der Waals surface area contributed by atoms with Crippen LogP contribution < -0.4 is 5.32 Å². The van der Waals surface area contributed by atoms with Crippen LogP contribution in [0.4, 0.5) is 0 Å². The van der Waals surface area contributed by atoms with Crippen LogP contribution in [0.3, 0.4) is 0 Å². The first-order valence-corrected chi connectivity index (χ1v) is 6.91. The molecule has 1 rings (SSSR count). The Balaban J connectivity index is 2.51. The molecule has 0 unspecified atom stereocenters. The second kappa shape index (κ2) is 9.74. The summed E-state index contributed by atoms with van der Waals surface area (Å²) in [5, 5.41) is 57.7. The van der Waals surface area contributed by atoms with Crippen molar-refractivity contribution in [1.82, 2.24) is 15.3 Å². The standard InChI is InChI=1S/C13H23N3O6/c17-5-10(12(21)6-18)16-4-9-3-14-8(2-15-9)1-11(20)13(22)7-19/h2-3,10-13,16-22H,1,4-7H2/t10-,11-,12-,13+/m0/s1. The number of hydrogen-bond acceptors (Lipinski definition) is 9. The van der Waals surface area contributed by atoms with E-state index in [1.54, 1.807) is 0 Å². The number of aliphatic hydroxyl groups is 6. The van der Waals surface area contributed by atoms with Gasteiger partial charge >= 0.3 is 0 Å². The number of rotatable bonds is 10. The SMILES string of the molecule is OC[C@@H](O)[C@@H](O)Cc1cnc(CN[C@@H](CO)[C@@H](O)CO)cn1. The van der Waals surface area contributed by atoms with Gasteiger partial charge in [-0.05, 0) is 0 Å². The predicted octanol–water partition coefficient (Wildman–Crippen LogP) is -3.46. The highest BCUT2D eigenvalue weighted by Crippen LogP contribution is 2.04. The number of nitrogens with zero attached hydrogens (tertiary/aromatic N) is 2. The minimum Gasteiger partial charge on any atom is -0.395 e. The summed E-state index contributed by atoms with van der Waals surface area (Å²) >= 11 is 0. The molecule has 1 heterocycles. The first kappa shape index (κ1) is 18.8. The molecule has 0 saturated carbocycles. The van der Waals surface area contributed by atoms with Crippen LogP contribution in [-0.4, -0.2) is 84.8 Å². The molecule has 1 aromatic rings. The van der Waals surface area contributed by atoms with Crippen LogP contribution in [0.1, 0.15) is 11.4 Å². The lowest BCUT2D eigenvalue weighted by molar-refractivity contribution is -0.0137. The van der Waals surface area contributed by atoms with Gasteiger partial charge < -0.3 is 36.0 Å². The molecular weight excluding hydrogens is 294 g/mol. The molecule has 0 aromatic carbocycles. The summed E-state index contributed by atoms with van der Waals surface area (Å²) in [6.07, 6.45) is -0.478. The zero-order valence-corrected chi connectivity index (χ0v) is 12.1. The van der Waals surface area contributed by atoms with Crippen molar-refractivity contribution >= 4 is 0 Å². The zero-order chi connectivity index (χ0) is 16.5. The van der Waals surface area contributed by atoms with E-state index in [1.165, 1.54) is 12.4 Å². The van der Waals surface area contributed by atoms with Gasteiger partial charge in [0, 0.05) is 19.2 Å². The Kier molecular flexibility index (Phi) is 8.35. The highest BCUT2D eigenvalue weighted by atomic mass is 16.4. The van der Waals surface area contributed by atoms with Gasteiger partial charge in [-0.2, -0.15) is 0 Å². The van der Waals surface area contributed by atoms with Crippen LogP contribution in [0.5, 0.6) is 0 Å². The normalized spacial score (nSPS) is 17.0. The summed E-state index contributed by atoms with van der Waals surface area (Å²) in [5.74, 6) is 0. The van der Waals surface area contributed by atoms with Gasteiger partial charge in [0.15, 0.2) is 0 Å². The lowest BCUT2D eigenvalue weighted by atomic mass is 10.1. The molecule has 0 aliphatic rings. The third kappa shape index (κ3) is 5.89. The van der Waals surface area contributed by atoms with E-state index in [9.17, 15) is 15.3 Å². The highest BCUT2D eigenvalue weighted by Gasteiger charge is 2.18. The van der Waals surface area contributed by atoms with Crippen LogP contribution >= 0.6 is 0 Å². The molecule has 0 radical (unpaired) electrons. The summed E-state index contributed by atoms with van der Waals surface area (Å²) in [5.41, 5.74) is 1.00. The Morgan fingerprint density at radius 1 is 0.818 bits per heavy atom. The summed E-state index contributed by atoms with van der Waals surface area (Å²) < 4.78 is 0. The molecule has 0 aliphatic heterocycles. The van der Waals surface area contributed by atoms with Crippen molar-refractivity contribution in [2.75, 3.05) is 19.8 Å². The van der Waals surface area contributed by atoms with Gasteiger partial charge in [-0.25, -0.2) is 0 Å². The van der Waals surface area contributed by atoms with E-state index >= 15 is 0 Å². The van der Waals surface area contributed by atoms with E-state index in [0.717, 1.165) is 0 Å². The predicted molar refractivity (Wildman–Crippen MR) is 75.6 cm³/mol. The number of nitrogens with one attached hydrogen (secondary N) is 1. The summed E-state index contributed by atoms with van der Waals surface area (Å²) in [4.78, 5) is 8.18. The first-order chi connectivity index (χ1) is 10.5. The molecule has 7 N–H and O–H groups in total. The fourth-order valence-corrected chi connectivity index (χ4v) is 1.74. The van der Waals surface area contributed by atoms with E-state index < -0.39 is 37.6 Å². The van der Waals surface area contributed by atoms with Crippen LogP contribution in [0, 0.1) is 0 Å². The molecule has 22 heavy (non-hydrogen) atoms. The molecule has 1 aromatic heterocycles. The van der Waals surface area contributed by atoms with E-state index in [0.29, 0.717) is 11.4 Å². The Morgan fingerprint density at radius 3 is 1.91 bits per heavy atom. The van der Waals surface area contributed by atoms with Gasteiger partial charge in [-0.1, -0.05) is 0 Å². The second-order valence-electron chi connectivity index (χ2n) is 4.94. The van der Waals surface area contributed by atoms with Crippen molar-refractivity contribution in [1.29, 1.82) is 0 Å². The fraction of sp³-hybridized carbons (Fsp3) is 0.692. The van der Waals surface area contributed by atoms with Crippen LogP contribution in [0.15, 0.2) is 12.4 Å². The Morgan fingerprint density at radius 2 is 1.41 bits per heavy atom. The monoisotopic (exact) mass is 317 g/mol. The van der Waals surface area contributed by atoms with Crippen molar-refractivity contribution in [2.45, 2.75) is 37.3 Å². The van der Waals surface area contributed by atoms with Gasteiger partial charge in [0.05, 0.1) is 55.7 Å². The molecule has 126 valence electrons. The summed E-state index contributed by atoms with van der Waals surface area (Å²) in [6.45, 7) is -1.10. The molecule has 4 atom stereocenters. The summed E-state index contributed by atoms with van der Waals surface area (Å²) in [6, 6.07) is -0.673. The molecule has 0 bridgehead atoms. The quantitative estimate of drug-likeness (QED) is 0.233. The first-order valence-electron chi connectivity index (χ1n) is 6.91. The average molecular weight is 317 g/mol. The fourth-order valence-electron chi connectivity index (χ4n) is 1.74. The molecule has 0 amide bonds. The van der Waals surface area contributed by atoms with Crippen LogP contribution in [-0.2, 0) is 13.0 Å². The van der Waals surface area contributed by atoms with Crippen molar-refractivity contribution in [3.63, 3.8) is 0 Å².